The topological polar surface area (TPSA) is 48.5 Å². The molecule has 0 aliphatic rings. The fraction of sp³-hybridized carbons (Fsp3) is 0.250. The Bertz CT molecular complexity index is 153. The van der Waals surface area contributed by atoms with Crippen LogP contribution in [0.4, 0.5) is 0 Å². The van der Waals surface area contributed by atoms with Crippen molar-refractivity contribution in [2.24, 2.45) is 8.20 Å². The summed E-state index contributed by atoms with van der Waals surface area (Å²) in [4.78, 5) is 3.62. The molecular formula is C4H4IN3. The summed E-state index contributed by atoms with van der Waals surface area (Å²) in [6, 6.07) is 1.86. The standard InChI is InChI=1S/C4H4IN3/c1-4(2-6)7-3-8-5/h3H,1H3/b7-4+,8-3-. The fourth-order valence-corrected chi connectivity index (χ4v) is 0.262. The molecule has 0 fully saturated rings. The molecule has 0 aromatic heterocycles. The van der Waals surface area contributed by atoms with Gasteiger partial charge in [-0.15, -0.1) is 0 Å². The first kappa shape index (κ1) is 7.56. The van der Waals surface area contributed by atoms with Crippen LogP contribution in [0.25, 0.3) is 0 Å². The molecule has 0 N–H and O–H groups in total. The average molecular weight is 221 g/mol. The van der Waals surface area contributed by atoms with Gasteiger partial charge in [0.15, 0.2) is 0 Å². The number of halogens is 1. The Morgan fingerprint density at radius 2 is 2.50 bits per heavy atom. The highest BCUT2D eigenvalue weighted by atomic mass is 127. The second-order valence-electron chi connectivity index (χ2n) is 1.04. The van der Waals surface area contributed by atoms with Gasteiger partial charge >= 0.3 is 0 Å². The van der Waals surface area contributed by atoms with Gasteiger partial charge in [-0.2, -0.15) is 5.26 Å². The Morgan fingerprint density at radius 1 is 1.88 bits per heavy atom. The van der Waals surface area contributed by atoms with Gasteiger partial charge in [0.1, 0.15) is 18.1 Å². The minimum atomic E-state index is 0.422. The summed E-state index contributed by atoms with van der Waals surface area (Å²) in [6.07, 6.45) is 1.33. The van der Waals surface area contributed by atoms with Crippen molar-refractivity contribution < 1.29 is 0 Å². The molecule has 0 saturated heterocycles. The predicted octanol–water partition coefficient (Wildman–Crippen LogP) is 1.35. The number of nitrogens with zero attached hydrogens (tertiary/aromatic N) is 3. The second-order valence-corrected chi connectivity index (χ2v) is 1.60. The van der Waals surface area contributed by atoms with Crippen LogP contribution in [0, 0.1) is 11.3 Å². The van der Waals surface area contributed by atoms with Gasteiger partial charge in [0.05, 0.1) is 22.9 Å². The lowest BCUT2D eigenvalue weighted by molar-refractivity contribution is 1.53. The van der Waals surface area contributed by atoms with Crippen LogP contribution in [0.15, 0.2) is 8.20 Å². The molecular weight excluding hydrogens is 217 g/mol. The Morgan fingerprint density at radius 3 is 2.88 bits per heavy atom. The van der Waals surface area contributed by atoms with E-state index < -0.39 is 0 Å². The average Bonchev–Trinajstić information content (AvgIpc) is 1.83. The van der Waals surface area contributed by atoms with Crippen molar-refractivity contribution >= 4 is 34.9 Å². The van der Waals surface area contributed by atoms with E-state index in [1.54, 1.807) is 29.8 Å². The number of hydrogen-bond acceptors (Lipinski definition) is 2. The monoisotopic (exact) mass is 221 g/mol. The quantitative estimate of drug-likeness (QED) is 0.374. The molecule has 0 radical (unpaired) electrons. The zero-order valence-electron chi connectivity index (χ0n) is 4.30. The Kier molecular flexibility index (Phi) is 4.45. The van der Waals surface area contributed by atoms with E-state index in [0.717, 1.165) is 0 Å². The Balaban J connectivity index is 3.81. The van der Waals surface area contributed by atoms with Crippen molar-refractivity contribution in [1.82, 2.24) is 0 Å². The van der Waals surface area contributed by atoms with E-state index in [9.17, 15) is 0 Å². The minimum absolute atomic E-state index is 0.422. The van der Waals surface area contributed by atoms with Crippen molar-refractivity contribution in [2.75, 3.05) is 0 Å². The first-order valence-corrected chi connectivity index (χ1v) is 2.85. The highest BCUT2D eigenvalue weighted by Gasteiger charge is 1.77. The van der Waals surface area contributed by atoms with Gasteiger partial charge in [-0.25, -0.2) is 8.20 Å². The van der Waals surface area contributed by atoms with Crippen molar-refractivity contribution in [3.05, 3.63) is 0 Å². The third-order valence-electron chi connectivity index (χ3n) is 0.457. The van der Waals surface area contributed by atoms with E-state index in [1.807, 2.05) is 6.07 Å². The fourth-order valence-electron chi connectivity index (χ4n) is 0.137. The molecule has 0 unspecified atom stereocenters. The van der Waals surface area contributed by atoms with E-state index >= 15 is 0 Å². The van der Waals surface area contributed by atoms with E-state index in [2.05, 4.69) is 8.20 Å². The summed E-state index contributed by atoms with van der Waals surface area (Å²) >= 11 is 1.79. The van der Waals surface area contributed by atoms with Crippen molar-refractivity contribution in [2.45, 2.75) is 6.92 Å². The largest absolute Gasteiger partial charge is 0.230 e. The molecule has 0 amide bonds. The Labute approximate surface area is 61.6 Å². The summed E-state index contributed by atoms with van der Waals surface area (Å²) < 4.78 is 3.53. The highest BCUT2D eigenvalue weighted by Crippen LogP contribution is 1.78. The third kappa shape index (κ3) is 3.74. The molecule has 0 spiro atoms. The zero-order valence-corrected chi connectivity index (χ0v) is 6.45. The molecule has 0 aromatic carbocycles. The van der Waals surface area contributed by atoms with Gasteiger partial charge in [0.2, 0.25) is 0 Å². The smallest absolute Gasteiger partial charge is 0.123 e. The lowest BCUT2D eigenvalue weighted by Gasteiger charge is -1.73. The minimum Gasteiger partial charge on any atom is -0.230 e. The molecule has 0 bridgehead atoms. The summed E-state index contributed by atoms with van der Waals surface area (Å²) in [5.74, 6) is 0. The van der Waals surface area contributed by atoms with E-state index in [0.29, 0.717) is 5.71 Å². The molecule has 0 rings (SSSR count). The van der Waals surface area contributed by atoms with Gasteiger partial charge in [0.25, 0.3) is 0 Å². The first-order chi connectivity index (χ1) is 3.81. The van der Waals surface area contributed by atoms with Gasteiger partial charge in [-0.1, -0.05) is 0 Å². The van der Waals surface area contributed by atoms with Gasteiger partial charge in [0, 0.05) is 0 Å². The number of hydrogen-bond donors (Lipinski definition) is 0. The third-order valence-corrected chi connectivity index (χ3v) is 0.706. The van der Waals surface area contributed by atoms with Crippen LogP contribution in [0.1, 0.15) is 6.92 Å². The predicted molar refractivity (Wildman–Crippen MR) is 41.2 cm³/mol. The Hall–Kier alpha value is -0.440. The molecule has 0 aliphatic carbocycles. The van der Waals surface area contributed by atoms with E-state index in [4.69, 9.17) is 5.26 Å². The van der Waals surface area contributed by atoms with Crippen LogP contribution in [0.3, 0.4) is 0 Å². The van der Waals surface area contributed by atoms with Gasteiger partial charge in [-0.3, -0.25) is 0 Å². The summed E-state index contributed by atoms with van der Waals surface area (Å²) in [5, 5.41) is 8.12. The molecule has 0 saturated carbocycles. The van der Waals surface area contributed by atoms with Crippen LogP contribution in [0.5, 0.6) is 0 Å². The van der Waals surface area contributed by atoms with Gasteiger partial charge < -0.3 is 0 Å². The van der Waals surface area contributed by atoms with E-state index in [-0.39, 0.29) is 0 Å². The number of aliphatic imine (C=N–C) groups is 1. The molecule has 3 nitrogen and oxygen atoms in total. The maximum Gasteiger partial charge on any atom is 0.123 e. The molecule has 0 aromatic rings. The van der Waals surface area contributed by atoms with Crippen molar-refractivity contribution in [1.29, 1.82) is 5.26 Å². The van der Waals surface area contributed by atoms with Crippen molar-refractivity contribution in [3.63, 3.8) is 0 Å². The normalized spacial score (nSPS) is 11.9. The molecule has 4 heteroatoms. The molecule has 0 atom stereocenters. The lowest BCUT2D eigenvalue weighted by atomic mass is 10.5. The second kappa shape index (κ2) is 4.71. The summed E-state index contributed by atoms with van der Waals surface area (Å²) in [7, 11) is 0. The molecule has 0 aliphatic heterocycles. The maximum absolute atomic E-state index is 8.12. The van der Waals surface area contributed by atoms with Crippen LogP contribution < -0.4 is 0 Å². The van der Waals surface area contributed by atoms with Crippen molar-refractivity contribution in [3.8, 4) is 6.07 Å². The van der Waals surface area contributed by atoms with Crippen LogP contribution in [-0.4, -0.2) is 12.1 Å². The van der Waals surface area contributed by atoms with Crippen LogP contribution >= 0.6 is 22.9 Å². The molecule has 42 valence electrons. The van der Waals surface area contributed by atoms with Crippen LogP contribution in [0.2, 0.25) is 0 Å². The number of nitriles is 1. The molecule has 0 heterocycles. The van der Waals surface area contributed by atoms with Gasteiger partial charge in [-0.05, 0) is 6.92 Å². The van der Waals surface area contributed by atoms with E-state index in [1.165, 1.54) is 6.34 Å². The first-order valence-electron chi connectivity index (χ1n) is 1.88. The highest BCUT2D eigenvalue weighted by molar-refractivity contribution is 14.1. The zero-order chi connectivity index (χ0) is 6.41. The summed E-state index contributed by atoms with van der Waals surface area (Å²) in [5.41, 5.74) is 0.422. The lowest BCUT2D eigenvalue weighted by Crippen LogP contribution is -1.82. The number of rotatable bonds is 1. The maximum atomic E-state index is 8.12. The summed E-state index contributed by atoms with van der Waals surface area (Å²) in [6.45, 7) is 1.62. The SMILES string of the molecule is C/C(C#N)=N\C=N/I. The molecule has 8 heavy (non-hydrogen) atoms. The van der Waals surface area contributed by atoms with Crippen LogP contribution in [-0.2, 0) is 0 Å².